The molecule has 0 bridgehead atoms. The van der Waals surface area contributed by atoms with Gasteiger partial charge >= 0.3 is 5.82 Å². The number of imidazole rings is 2. The van der Waals surface area contributed by atoms with Gasteiger partial charge in [0.15, 0.2) is 5.16 Å². The van der Waals surface area contributed by atoms with Crippen LogP contribution in [0.4, 0.5) is 5.82 Å². The predicted octanol–water partition coefficient (Wildman–Crippen LogP) is 2.81. The van der Waals surface area contributed by atoms with Crippen molar-refractivity contribution in [2.45, 2.75) is 10.9 Å². The van der Waals surface area contributed by atoms with E-state index < -0.39 is 4.92 Å². The van der Waals surface area contributed by atoms with Gasteiger partial charge < -0.3 is 19.4 Å². The highest BCUT2D eigenvalue weighted by molar-refractivity contribution is 7.98. The third-order valence-electron chi connectivity index (χ3n) is 3.51. The SMILES string of the molecule is COc1ccc(-n2ccnc2SCc2c([N+](=O)[O-])ncn2C)cc1. The third kappa shape index (κ3) is 3.11. The van der Waals surface area contributed by atoms with Crippen LogP contribution < -0.4 is 4.74 Å². The minimum absolute atomic E-state index is 0.118. The number of ether oxygens (including phenoxy) is 1. The molecule has 0 saturated heterocycles. The van der Waals surface area contributed by atoms with Crippen molar-refractivity contribution in [1.29, 1.82) is 0 Å². The summed E-state index contributed by atoms with van der Waals surface area (Å²) in [5.41, 5.74) is 1.49. The summed E-state index contributed by atoms with van der Waals surface area (Å²) in [6.07, 6.45) is 5.00. The average molecular weight is 345 g/mol. The van der Waals surface area contributed by atoms with Crippen LogP contribution in [-0.4, -0.2) is 31.1 Å². The maximum atomic E-state index is 11.0. The number of methoxy groups -OCH3 is 1. The third-order valence-corrected chi connectivity index (χ3v) is 4.48. The minimum Gasteiger partial charge on any atom is -0.497 e. The zero-order chi connectivity index (χ0) is 17.1. The fraction of sp³-hybridized carbons (Fsp3) is 0.200. The first-order valence-corrected chi connectivity index (χ1v) is 8.04. The summed E-state index contributed by atoms with van der Waals surface area (Å²) < 4.78 is 8.74. The molecule has 0 aliphatic heterocycles. The van der Waals surface area contributed by atoms with E-state index in [4.69, 9.17) is 4.74 Å². The molecular formula is C15H15N5O3S. The van der Waals surface area contributed by atoms with Gasteiger partial charge in [-0.2, -0.15) is 0 Å². The molecule has 0 fully saturated rings. The van der Waals surface area contributed by atoms with E-state index in [9.17, 15) is 10.1 Å². The topological polar surface area (TPSA) is 88.0 Å². The van der Waals surface area contributed by atoms with Crippen LogP contribution in [0.1, 0.15) is 5.69 Å². The smallest absolute Gasteiger partial charge is 0.385 e. The Kier molecular flexibility index (Phi) is 4.52. The van der Waals surface area contributed by atoms with Gasteiger partial charge in [0.25, 0.3) is 0 Å². The van der Waals surface area contributed by atoms with Gasteiger partial charge in [-0.3, -0.25) is 4.57 Å². The van der Waals surface area contributed by atoms with Crippen LogP contribution in [0.3, 0.4) is 0 Å². The Bertz CT molecular complexity index is 856. The molecule has 2 heterocycles. The highest BCUT2D eigenvalue weighted by Crippen LogP contribution is 2.28. The molecule has 0 atom stereocenters. The monoisotopic (exact) mass is 345 g/mol. The number of rotatable bonds is 6. The number of hydrogen-bond donors (Lipinski definition) is 0. The number of nitrogens with zero attached hydrogens (tertiary/aromatic N) is 5. The molecule has 0 aliphatic rings. The van der Waals surface area contributed by atoms with Crippen molar-refractivity contribution in [3.8, 4) is 11.4 Å². The fourth-order valence-electron chi connectivity index (χ4n) is 2.23. The normalized spacial score (nSPS) is 10.8. The van der Waals surface area contributed by atoms with E-state index in [0.717, 1.165) is 16.6 Å². The minimum atomic E-state index is -0.466. The fourth-order valence-corrected chi connectivity index (χ4v) is 3.27. The van der Waals surface area contributed by atoms with E-state index in [0.29, 0.717) is 11.4 Å². The van der Waals surface area contributed by atoms with Crippen molar-refractivity contribution in [3.63, 3.8) is 0 Å². The highest BCUT2D eigenvalue weighted by Gasteiger charge is 2.20. The largest absolute Gasteiger partial charge is 0.497 e. The van der Waals surface area contributed by atoms with Gasteiger partial charge in [0.1, 0.15) is 11.4 Å². The molecule has 0 saturated carbocycles. The maximum Gasteiger partial charge on any atom is 0.385 e. The van der Waals surface area contributed by atoms with E-state index in [1.54, 1.807) is 24.9 Å². The predicted molar refractivity (Wildman–Crippen MR) is 89.5 cm³/mol. The van der Waals surface area contributed by atoms with E-state index in [2.05, 4.69) is 9.97 Å². The second-order valence-electron chi connectivity index (χ2n) is 4.95. The lowest BCUT2D eigenvalue weighted by Crippen LogP contribution is -2.00. The number of aryl methyl sites for hydroxylation is 1. The number of hydrogen-bond acceptors (Lipinski definition) is 6. The molecule has 0 amide bonds. The van der Waals surface area contributed by atoms with E-state index in [1.807, 2.05) is 35.0 Å². The number of thioether (sulfide) groups is 1. The van der Waals surface area contributed by atoms with Crippen LogP contribution in [0.5, 0.6) is 5.75 Å². The Morgan fingerprint density at radius 3 is 2.71 bits per heavy atom. The molecule has 124 valence electrons. The molecular weight excluding hydrogens is 330 g/mol. The summed E-state index contributed by atoms with van der Waals surface area (Å²) in [4.78, 5) is 18.7. The van der Waals surface area contributed by atoms with Crippen LogP contribution in [0.2, 0.25) is 0 Å². The molecule has 0 N–H and O–H groups in total. The Labute approximate surface area is 142 Å². The summed E-state index contributed by atoms with van der Waals surface area (Å²) >= 11 is 1.42. The van der Waals surface area contributed by atoms with Crippen molar-refractivity contribution >= 4 is 17.6 Å². The van der Waals surface area contributed by atoms with Crippen molar-refractivity contribution in [1.82, 2.24) is 19.1 Å². The Morgan fingerprint density at radius 1 is 1.29 bits per heavy atom. The summed E-state index contributed by atoms with van der Waals surface area (Å²) in [5, 5.41) is 11.8. The number of benzene rings is 1. The van der Waals surface area contributed by atoms with Crippen LogP contribution in [0.25, 0.3) is 5.69 Å². The molecule has 0 aliphatic carbocycles. The molecule has 3 aromatic rings. The summed E-state index contributed by atoms with van der Waals surface area (Å²) in [5.74, 6) is 1.06. The van der Waals surface area contributed by atoms with Gasteiger partial charge in [-0.1, -0.05) is 11.8 Å². The highest BCUT2D eigenvalue weighted by atomic mass is 32.2. The zero-order valence-electron chi connectivity index (χ0n) is 13.1. The van der Waals surface area contributed by atoms with Gasteiger partial charge in [-0.05, 0) is 34.2 Å². The molecule has 8 nitrogen and oxygen atoms in total. The van der Waals surface area contributed by atoms with Crippen molar-refractivity contribution < 1.29 is 9.66 Å². The van der Waals surface area contributed by atoms with Gasteiger partial charge in [0, 0.05) is 25.1 Å². The summed E-state index contributed by atoms with van der Waals surface area (Å²) in [7, 11) is 3.36. The first-order chi connectivity index (χ1) is 11.6. The molecule has 24 heavy (non-hydrogen) atoms. The zero-order valence-corrected chi connectivity index (χ0v) is 13.9. The van der Waals surface area contributed by atoms with E-state index in [-0.39, 0.29) is 5.82 Å². The number of aromatic nitrogens is 4. The maximum absolute atomic E-state index is 11.0. The quantitative estimate of drug-likeness (QED) is 0.388. The van der Waals surface area contributed by atoms with Gasteiger partial charge in [-0.25, -0.2) is 4.98 Å². The Morgan fingerprint density at radius 2 is 2.04 bits per heavy atom. The second kappa shape index (κ2) is 6.75. The lowest BCUT2D eigenvalue weighted by atomic mass is 10.3. The van der Waals surface area contributed by atoms with Crippen LogP contribution in [-0.2, 0) is 12.8 Å². The lowest BCUT2D eigenvalue weighted by Gasteiger charge is -2.08. The average Bonchev–Trinajstić information content (AvgIpc) is 3.19. The summed E-state index contributed by atoms with van der Waals surface area (Å²) in [6.45, 7) is 0. The van der Waals surface area contributed by atoms with Gasteiger partial charge in [0.2, 0.25) is 6.33 Å². The Balaban J connectivity index is 1.81. The molecule has 0 radical (unpaired) electrons. The molecule has 3 rings (SSSR count). The van der Waals surface area contributed by atoms with Crippen molar-refractivity contribution in [2.75, 3.05) is 7.11 Å². The van der Waals surface area contributed by atoms with Crippen LogP contribution in [0.15, 0.2) is 48.1 Å². The van der Waals surface area contributed by atoms with Crippen LogP contribution in [0, 0.1) is 10.1 Å². The van der Waals surface area contributed by atoms with Crippen molar-refractivity contribution in [2.24, 2.45) is 7.05 Å². The molecule has 0 unspecified atom stereocenters. The molecule has 1 aromatic carbocycles. The van der Waals surface area contributed by atoms with Gasteiger partial charge in [-0.15, -0.1) is 0 Å². The standard InChI is InChI=1S/C15H15N5O3S/c1-18-10-17-14(20(21)22)13(18)9-24-15-16-7-8-19(15)11-3-5-12(23-2)6-4-11/h3-8,10H,9H2,1-2H3. The van der Waals surface area contributed by atoms with Gasteiger partial charge in [0.05, 0.1) is 12.9 Å². The van der Waals surface area contributed by atoms with E-state index in [1.165, 1.54) is 18.1 Å². The number of nitro groups is 1. The second-order valence-corrected chi connectivity index (χ2v) is 5.89. The van der Waals surface area contributed by atoms with Crippen molar-refractivity contribution in [3.05, 3.63) is 58.8 Å². The molecule has 0 spiro atoms. The Hall–Kier alpha value is -2.81. The first-order valence-electron chi connectivity index (χ1n) is 7.05. The van der Waals surface area contributed by atoms with E-state index >= 15 is 0 Å². The van der Waals surface area contributed by atoms with Crippen LogP contribution >= 0.6 is 11.8 Å². The summed E-state index contributed by atoms with van der Waals surface area (Å²) in [6, 6.07) is 7.60. The lowest BCUT2D eigenvalue weighted by molar-refractivity contribution is -0.390. The molecule has 9 heteroatoms. The first kappa shape index (κ1) is 16.1. The molecule has 2 aromatic heterocycles.